The van der Waals surface area contributed by atoms with Gasteiger partial charge in [-0.3, -0.25) is 4.57 Å². The van der Waals surface area contributed by atoms with E-state index in [1.165, 1.54) is 0 Å². The standard InChI is InChI=1S/C21H29N5O2.2H2O/c1-3-27-14-12-25-10-6-18(7-11-25)23-21-24-19-5-4-9-22-20(19)26(21)15-17-8-13-28-16(17)2;;/h4-5,8-9,13,18H,3,6-7,10-12,14-15H2,1-2H3,(H,23,24);2*1H2. The molecular formula is C21H33N5O4. The first-order valence-electron chi connectivity index (χ1n) is 10.2. The molecule has 166 valence electrons. The average molecular weight is 420 g/mol. The van der Waals surface area contributed by atoms with Gasteiger partial charge in [-0.15, -0.1) is 0 Å². The van der Waals surface area contributed by atoms with Gasteiger partial charge in [0.25, 0.3) is 0 Å². The minimum Gasteiger partial charge on any atom is -0.469 e. The molecule has 0 amide bonds. The first-order valence-corrected chi connectivity index (χ1v) is 10.2. The normalized spacial score (nSPS) is 15.0. The molecule has 3 aromatic rings. The van der Waals surface area contributed by atoms with Gasteiger partial charge in [0.15, 0.2) is 5.65 Å². The molecular weight excluding hydrogens is 386 g/mol. The topological polar surface area (TPSA) is 131 Å². The van der Waals surface area contributed by atoms with E-state index in [1.54, 1.807) is 6.26 Å². The molecule has 0 atom stereocenters. The van der Waals surface area contributed by atoms with E-state index in [0.29, 0.717) is 12.6 Å². The molecule has 3 aromatic heterocycles. The second-order valence-electron chi connectivity index (χ2n) is 7.33. The molecule has 0 aliphatic carbocycles. The Balaban J connectivity index is 0.00000160. The number of aryl methyl sites for hydroxylation is 1. The number of piperidine rings is 1. The Labute approximate surface area is 176 Å². The molecule has 0 radical (unpaired) electrons. The van der Waals surface area contributed by atoms with Gasteiger partial charge >= 0.3 is 0 Å². The van der Waals surface area contributed by atoms with Gasteiger partial charge < -0.3 is 30.3 Å². The summed E-state index contributed by atoms with van der Waals surface area (Å²) >= 11 is 0. The highest BCUT2D eigenvalue weighted by Crippen LogP contribution is 2.23. The van der Waals surface area contributed by atoms with Gasteiger partial charge in [0.1, 0.15) is 11.3 Å². The van der Waals surface area contributed by atoms with Crippen LogP contribution in [0.2, 0.25) is 0 Å². The Bertz CT molecular complexity index is 902. The summed E-state index contributed by atoms with van der Waals surface area (Å²) in [6, 6.07) is 6.39. The van der Waals surface area contributed by atoms with Crippen molar-refractivity contribution >= 4 is 17.1 Å². The second-order valence-corrected chi connectivity index (χ2v) is 7.33. The van der Waals surface area contributed by atoms with E-state index < -0.39 is 0 Å². The van der Waals surface area contributed by atoms with Crippen LogP contribution in [-0.2, 0) is 11.3 Å². The van der Waals surface area contributed by atoms with Crippen molar-refractivity contribution in [2.24, 2.45) is 0 Å². The maximum Gasteiger partial charge on any atom is 0.205 e. The quantitative estimate of drug-likeness (QED) is 0.552. The first-order chi connectivity index (χ1) is 13.7. The van der Waals surface area contributed by atoms with Gasteiger partial charge in [0, 0.05) is 44.0 Å². The van der Waals surface area contributed by atoms with Gasteiger partial charge in [-0.2, -0.15) is 0 Å². The van der Waals surface area contributed by atoms with E-state index in [1.807, 2.05) is 38.2 Å². The van der Waals surface area contributed by atoms with Gasteiger partial charge in [0.2, 0.25) is 5.95 Å². The van der Waals surface area contributed by atoms with Crippen LogP contribution in [0.25, 0.3) is 11.2 Å². The molecule has 1 fully saturated rings. The average Bonchev–Trinajstić information content (AvgIpc) is 3.27. The first kappa shape index (κ1) is 23.8. The number of fused-ring (bicyclic) bond motifs is 1. The fourth-order valence-electron chi connectivity index (χ4n) is 3.79. The molecule has 1 aliphatic heterocycles. The molecule has 0 saturated carbocycles. The summed E-state index contributed by atoms with van der Waals surface area (Å²) in [6.07, 6.45) is 5.77. The summed E-state index contributed by atoms with van der Waals surface area (Å²) < 4.78 is 13.1. The summed E-state index contributed by atoms with van der Waals surface area (Å²) in [4.78, 5) is 11.9. The third-order valence-corrected chi connectivity index (χ3v) is 5.48. The third kappa shape index (κ3) is 5.37. The number of nitrogens with zero attached hydrogens (tertiary/aromatic N) is 4. The third-order valence-electron chi connectivity index (χ3n) is 5.48. The number of likely N-dealkylation sites (tertiary alicyclic amines) is 1. The van der Waals surface area contributed by atoms with E-state index in [-0.39, 0.29) is 11.0 Å². The summed E-state index contributed by atoms with van der Waals surface area (Å²) in [5, 5.41) is 3.68. The van der Waals surface area contributed by atoms with Gasteiger partial charge in [-0.25, -0.2) is 9.97 Å². The molecule has 30 heavy (non-hydrogen) atoms. The molecule has 5 N–H and O–H groups in total. The Morgan fingerprint density at radius 1 is 1.23 bits per heavy atom. The minimum atomic E-state index is 0. The number of ether oxygens (including phenoxy) is 1. The molecule has 1 aliphatic rings. The highest BCUT2D eigenvalue weighted by molar-refractivity contribution is 5.74. The Hall–Kier alpha value is -2.46. The predicted molar refractivity (Wildman–Crippen MR) is 117 cm³/mol. The van der Waals surface area contributed by atoms with Crippen LogP contribution in [0.15, 0.2) is 35.1 Å². The smallest absolute Gasteiger partial charge is 0.205 e. The predicted octanol–water partition coefficient (Wildman–Crippen LogP) is 1.64. The van der Waals surface area contributed by atoms with Crippen molar-refractivity contribution in [3.05, 3.63) is 42.0 Å². The maximum atomic E-state index is 5.48. The summed E-state index contributed by atoms with van der Waals surface area (Å²) in [5.74, 6) is 1.83. The lowest BCUT2D eigenvalue weighted by atomic mass is 10.1. The largest absolute Gasteiger partial charge is 0.469 e. The number of rotatable bonds is 8. The maximum absolute atomic E-state index is 5.48. The monoisotopic (exact) mass is 419 g/mol. The molecule has 4 heterocycles. The van der Waals surface area contributed by atoms with E-state index >= 15 is 0 Å². The Kier molecular flexibility index (Phi) is 8.79. The number of pyridine rings is 1. The minimum absolute atomic E-state index is 0. The molecule has 1 saturated heterocycles. The van der Waals surface area contributed by atoms with E-state index in [2.05, 4.69) is 19.8 Å². The molecule has 9 nitrogen and oxygen atoms in total. The van der Waals surface area contributed by atoms with Crippen molar-refractivity contribution in [2.45, 2.75) is 39.3 Å². The number of hydrogen-bond acceptors (Lipinski definition) is 6. The molecule has 4 rings (SSSR count). The van der Waals surface area contributed by atoms with E-state index in [4.69, 9.17) is 14.1 Å². The van der Waals surface area contributed by atoms with Gasteiger partial charge in [-0.1, -0.05) is 0 Å². The summed E-state index contributed by atoms with van der Waals surface area (Å²) in [7, 11) is 0. The van der Waals surface area contributed by atoms with Crippen LogP contribution < -0.4 is 5.32 Å². The number of nitrogens with one attached hydrogen (secondary N) is 1. The van der Waals surface area contributed by atoms with Gasteiger partial charge in [0.05, 0.1) is 19.4 Å². The Morgan fingerprint density at radius 3 is 2.73 bits per heavy atom. The van der Waals surface area contributed by atoms with Crippen LogP contribution >= 0.6 is 0 Å². The summed E-state index contributed by atoms with van der Waals surface area (Å²) in [6.45, 7) is 9.54. The molecule has 9 heteroatoms. The van der Waals surface area contributed by atoms with Crippen molar-refractivity contribution in [2.75, 3.05) is 38.2 Å². The molecule has 0 aromatic carbocycles. The van der Waals surface area contributed by atoms with Crippen molar-refractivity contribution in [3.63, 3.8) is 0 Å². The SMILES string of the molecule is CCOCCN1CCC(Nc2nc3cccnc3n2Cc2ccoc2C)CC1.O.O. The van der Waals surface area contributed by atoms with Crippen molar-refractivity contribution in [3.8, 4) is 0 Å². The number of aromatic nitrogens is 3. The highest BCUT2D eigenvalue weighted by Gasteiger charge is 2.22. The zero-order valence-corrected chi connectivity index (χ0v) is 17.7. The molecule has 0 bridgehead atoms. The number of anilines is 1. The van der Waals surface area contributed by atoms with Crippen LogP contribution in [0.1, 0.15) is 31.1 Å². The van der Waals surface area contributed by atoms with E-state index in [9.17, 15) is 0 Å². The fourth-order valence-corrected chi connectivity index (χ4v) is 3.79. The Morgan fingerprint density at radius 2 is 2.03 bits per heavy atom. The number of imidazole rings is 1. The van der Waals surface area contributed by atoms with Crippen LogP contribution in [0.4, 0.5) is 5.95 Å². The zero-order chi connectivity index (χ0) is 19.3. The van der Waals surface area contributed by atoms with Gasteiger partial charge in [-0.05, 0) is 44.9 Å². The zero-order valence-electron chi connectivity index (χ0n) is 17.7. The van der Waals surface area contributed by atoms with Crippen molar-refractivity contribution in [1.29, 1.82) is 0 Å². The molecule has 0 spiro atoms. The highest BCUT2D eigenvalue weighted by atomic mass is 16.5. The van der Waals surface area contributed by atoms with E-state index in [0.717, 1.165) is 74.1 Å². The lowest BCUT2D eigenvalue weighted by Gasteiger charge is -2.32. The van der Waals surface area contributed by atoms with Crippen LogP contribution in [0.5, 0.6) is 0 Å². The molecule has 0 unspecified atom stereocenters. The fraction of sp³-hybridized carbons (Fsp3) is 0.524. The van der Waals surface area contributed by atoms with Crippen molar-refractivity contribution in [1.82, 2.24) is 19.4 Å². The van der Waals surface area contributed by atoms with Crippen LogP contribution in [0.3, 0.4) is 0 Å². The summed E-state index contributed by atoms with van der Waals surface area (Å²) in [5.41, 5.74) is 2.97. The lowest BCUT2D eigenvalue weighted by Crippen LogP contribution is -2.41. The number of hydrogen-bond donors (Lipinski definition) is 1. The second kappa shape index (κ2) is 11.1. The van der Waals surface area contributed by atoms with Crippen LogP contribution in [-0.4, -0.2) is 69.3 Å². The van der Waals surface area contributed by atoms with Crippen molar-refractivity contribution < 1.29 is 20.1 Å². The lowest BCUT2D eigenvalue weighted by molar-refractivity contribution is 0.103. The number of furan rings is 1. The van der Waals surface area contributed by atoms with Crippen LogP contribution in [0, 0.1) is 6.92 Å².